The molecule has 2 N–H and O–H groups in total. The minimum absolute atomic E-state index is 0.0851. The average Bonchev–Trinajstić information content (AvgIpc) is 3.08. The number of hydrogen-bond donors (Lipinski definition) is 2. The van der Waals surface area contributed by atoms with Crippen LogP contribution in [0.3, 0.4) is 0 Å². The van der Waals surface area contributed by atoms with Gasteiger partial charge in [0.05, 0.1) is 31.7 Å². The maximum atomic E-state index is 12.3. The molecule has 0 fully saturated rings. The largest absolute Gasteiger partial charge is 0.467 e. The van der Waals surface area contributed by atoms with Crippen molar-refractivity contribution in [1.29, 1.82) is 0 Å². The van der Waals surface area contributed by atoms with E-state index in [4.69, 9.17) is 27.9 Å². The van der Waals surface area contributed by atoms with Gasteiger partial charge in [-0.25, -0.2) is 9.59 Å². The maximum Gasteiger partial charge on any atom is 0.407 e. The fourth-order valence-electron chi connectivity index (χ4n) is 2.76. The van der Waals surface area contributed by atoms with Gasteiger partial charge in [0.1, 0.15) is 6.04 Å². The van der Waals surface area contributed by atoms with E-state index in [0.29, 0.717) is 22.0 Å². The van der Waals surface area contributed by atoms with Gasteiger partial charge in [0.25, 0.3) is 0 Å². The molecule has 8 nitrogen and oxygen atoms in total. The number of carbonyl (C=O) groups is 4. The highest BCUT2D eigenvalue weighted by Gasteiger charge is 2.27. The van der Waals surface area contributed by atoms with Crippen LogP contribution in [0.5, 0.6) is 0 Å². The van der Waals surface area contributed by atoms with Crippen molar-refractivity contribution in [3.8, 4) is 0 Å². The van der Waals surface area contributed by atoms with E-state index >= 15 is 0 Å². The van der Waals surface area contributed by atoms with Crippen LogP contribution in [0.2, 0.25) is 0 Å². The van der Waals surface area contributed by atoms with Crippen LogP contribution >= 0.6 is 23.2 Å². The molecule has 0 aliphatic heterocycles. The normalized spacial score (nSPS) is 11.7. The number of rotatable bonds is 8. The number of ketones is 2. The average molecular weight is 429 g/mol. The molecule has 150 valence electrons. The number of fused-ring (bicyclic) bond motifs is 1. The number of H-pyrrole nitrogens is 1. The Morgan fingerprint density at radius 1 is 1.07 bits per heavy atom. The first kappa shape index (κ1) is 21.7. The van der Waals surface area contributed by atoms with Crippen molar-refractivity contribution in [2.24, 2.45) is 0 Å². The van der Waals surface area contributed by atoms with Crippen molar-refractivity contribution in [3.05, 3.63) is 35.0 Å². The summed E-state index contributed by atoms with van der Waals surface area (Å²) in [5.41, 5.74) is 1.51. The van der Waals surface area contributed by atoms with Crippen LogP contribution in [0, 0.1) is 0 Å². The quantitative estimate of drug-likeness (QED) is 0.379. The number of alkyl carbamates (subject to hydrolysis) is 1. The third-order valence-corrected chi connectivity index (χ3v) is 4.61. The Bertz CT molecular complexity index is 924. The summed E-state index contributed by atoms with van der Waals surface area (Å²) in [6.45, 7) is 0. The zero-order chi connectivity index (χ0) is 20.8. The second-order valence-corrected chi connectivity index (χ2v) is 6.30. The summed E-state index contributed by atoms with van der Waals surface area (Å²) < 4.78 is 9.26. The minimum Gasteiger partial charge on any atom is -0.467 e. The van der Waals surface area contributed by atoms with Crippen LogP contribution in [-0.2, 0) is 20.7 Å². The van der Waals surface area contributed by atoms with E-state index < -0.39 is 23.9 Å². The van der Waals surface area contributed by atoms with Gasteiger partial charge in [0, 0.05) is 22.9 Å². The molecule has 1 aromatic heterocycles. The molecule has 0 saturated heterocycles. The molecule has 0 bridgehead atoms. The number of esters is 1. The first-order valence-electron chi connectivity index (χ1n) is 8.11. The molecular formula is C18H18Cl2N2O6. The van der Waals surface area contributed by atoms with Crippen molar-refractivity contribution >= 4 is 57.7 Å². The van der Waals surface area contributed by atoms with E-state index in [-0.39, 0.29) is 29.7 Å². The Hall–Kier alpha value is -2.58. The second kappa shape index (κ2) is 9.57. The molecular weight excluding hydrogens is 411 g/mol. The number of halogens is 2. The molecule has 10 heteroatoms. The third kappa shape index (κ3) is 4.63. The number of aromatic amines is 1. The molecule has 2 aromatic rings. The lowest BCUT2D eigenvalue weighted by atomic mass is 9.99. The van der Waals surface area contributed by atoms with Gasteiger partial charge in [-0.15, -0.1) is 23.2 Å². The van der Waals surface area contributed by atoms with Gasteiger partial charge in [-0.3, -0.25) is 9.59 Å². The van der Waals surface area contributed by atoms with Crippen molar-refractivity contribution in [2.45, 2.75) is 12.5 Å². The van der Waals surface area contributed by atoms with Crippen molar-refractivity contribution < 1.29 is 28.7 Å². The molecule has 1 heterocycles. The van der Waals surface area contributed by atoms with Crippen molar-refractivity contribution in [1.82, 2.24) is 10.3 Å². The molecule has 0 unspecified atom stereocenters. The second-order valence-electron chi connectivity index (χ2n) is 5.77. The molecule has 0 aliphatic carbocycles. The van der Waals surface area contributed by atoms with E-state index in [9.17, 15) is 19.2 Å². The number of aromatic nitrogens is 1. The molecule has 0 radical (unpaired) electrons. The number of amides is 1. The summed E-state index contributed by atoms with van der Waals surface area (Å²) in [5.74, 6) is -1.91. The Morgan fingerprint density at radius 3 is 2.32 bits per heavy atom. The monoisotopic (exact) mass is 428 g/mol. The number of Topliss-reactive ketones (excluding diaryl/α,β-unsaturated/α-hetero) is 2. The Kier molecular flexibility index (Phi) is 7.42. The van der Waals surface area contributed by atoms with Crippen LogP contribution in [0.25, 0.3) is 10.9 Å². The van der Waals surface area contributed by atoms with Crippen LogP contribution in [-0.4, -0.2) is 60.6 Å². The van der Waals surface area contributed by atoms with E-state index in [2.05, 4.69) is 15.0 Å². The predicted octanol–water partition coefficient (Wildman–Crippen LogP) is 2.45. The Labute approximate surface area is 170 Å². The molecule has 0 saturated carbocycles. The van der Waals surface area contributed by atoms with Crippen LogP contribution in [0.15, 0.2) is 18.2 Å². The van der Waals surface area contributed by atoms with E-state index in [1.54, 1.807) is 18.2 Å². The molecule has 0 aliphatic rings. The maximum absolute atomic E-state index is 12.3. The Balaban J connectivity index is 2.59. The molecule has 0 spiro atoms. The number of alkyl halides is 2. The Morgan fingerprint density at radius 2 is 1.75 bits per heavy atom. The number of hydrogen-bond acceptors (Lipinski definition) is 6. The van der Waals surface area contributed by atoms with E-state index in [1.165, 1.54) is 7.11 Å². The number of benzene rings is 1. The smallest absolute Gasteiger partial charge is 0.407 e. The summed E-state index contributed by atoms with van der Waals surface area (Å²) in [5, 5.41) is 2.90. The fourth-order valence-corrected chi connectivity index (χ4v) is 3.04. The van der Waals surface area contributed by atoms with Gasteiger partial charge in [-0.1, -0.05) is 0 Å². The molecule has 1 amide bonds. The van der Waals surface area contributed by atoms with Gasteiger partial charge >= 0.3 is 12.1 Å². The van der Waals surface area contributed by atoms with Crippen molar-refractivity contribution in [3.63, 3.8) is 0 Å². The summed E-state index contributed by atoms with van der Waals surface area (Å²) >= 11 is 11.3. The van der Waals surface area contributed by atoms with Gasteiger partial charge < -0.3 is 19.8 Å². The predicted molar refractivity (Wildman–Crippen MR) is 103 cm³/mol. The van der Waals surface area contributed by atoms with E-state index in [1.807, 2.05) is 0 Å². The van der Waals surface area contributed by atoms with Gasteiger partial charge in [-0.05, 0) is 23.8 Å². The highest BCUT2D eigenvalue weighted by atomic mass is 35.5. The first-order valence-corrected chi connectivity index (χ1v) is 9.18. The number of nitrogens with one attached hydrogen (secondary N) is 2. The van der Waals surface area contributed by atoms with Gasteiger partial charge in [-0.2, -0.15) is 0 Å². The zero-order valence-corrected chi connectivity index (χ0v) is 16.6. The number of carbonyl (C=O) groups excluding carboxylic acids is 4. The third-order valence-electron chi connectivity index (χ3n) is 4.12. The van der Waals surface area contributed by atoms with E-state index in [0.717, 1.165) is 7.11 Å². The van der Waals surface area contributed by atoms with Crippen LogP contribution in [0.1, 0.15) is 26.4 Å². The highest BCUT2D eigenvalue weighted by molar-refractivity contribution is 6.31. The fraction of sp³-hybridized carbons (Fsp3) is 0.333. The first-order chi connectivity index (χ1) is 13.4. The summed E-state index contributed by atoms with van der Waals surface area (Å²) in [6.07, 6.45) is -0.920. The summed E-state index contributed by atoms with van der Waals surface area (Å²) in [7, 11) is 2.33. The topological polar surface area (TPSA) is 115 Å². The summed E-state index contributed by atoms with van der Waals surface area (Å²) in [6, 6.07) is 3.66. The number of methoxy groups -OCH3 is 2. The highest BCUT2D eigenvalue weighted by Crippen LogP contribution is 2.26. The lowest BCUT2D eigenvalue weighted by Crippen LogP contribution is -2.43. The van der Waals surface area contributed by atoms with Crippen LogP contribution < -0.4 is 5.32 Å². The number of ether oxygens (including phenoxy) is 2. The molecule has 1 atom stereocenters. The molecule has 1 aromatic carbocycles. The summed E-state index contributed by atoms with van der Waals surface area (Å²) in [4.78, 5) is 50.9. The molecule has 2 rings (SSSR count). The van der Waals surface area contributed by atoms with Gasteiger partial charge in [0.2, 0.25) is 0 Å². The minimum atomic E-state index is -1.12. The zero-order valence-electron chi connectivity index (χ0n) is 15.1. The SMILES string of the molecule is COC(=O)N[C@@H](Cc1c(C(=O)CCl)[nH]c2ccc(C(=O)CCl)cc12)C(=O)OC. The lowest BCUT2D eigenvalue weighted by Gasteiger charge is -2.16. The van der Waals surface area contributed by atoms with Gasteiger partial charge in [0.15, 0.2) is 11.6 Å². The molecule has 28 heavy (non-hydrogen) atoms. The lowest BCUT2D eigenvalue weighted by molar-refractivity contribution is -0.142. The standard InChI is InChI=1S/C18H18Cl2N2O6/c1-27-17(25)13(22-18(26)28-2)6-11-10-5-9(14(23)7-19)3-4-12(10)21-16(11)15(24)8-20/h3-5,13,21H,6-8H2,1-2H3,(H,22,26)/t13-/m0/s1. The van der Waals surface area contributed by atoms with Crippen molar-refractivity contribution in [2.75, 3.05) is 26.0 Å². The van der Waals surface area contributed by atoms with Crippen LogP contribution in [0.4, 0.5) is 4.79 Å².